The van der Waals surface area contributed by atoms with Crippen LogP contribution >= 0.6 is 0 Å². The lowest BCUT2D eigenvalue weighted by Crippen LogP contribution is -2.04. The van der Waals surface area contributed by atoms with Gasteiger partial charge in [-0.05, 0) is 80.3 Å². The minimum absolute atomic E-state index is 0.695. The number of aromatic nitrogens is 2. The molecule has 0 N–H and O–H groups in total. The molecule has 4 aromatic rings. The van der Waals surface area contributed by atoms with Gasteiger partial charge < -0.3 is 18.8 Å². The predicted octanol–water partition coefficient (Wildman–Crippen LogP) is 6.20. The highest BCUT2D eigenvalue weighted by Crippen LogP contribution is 2.33. The molecule has 4 rings (SSSR count). The molecule has 0 bridgehead atoms. The fourth-order valence-electron chi connectivity index (χ4n) is 3.86. The maximum atomic E-state index is 5.96. The van der Waals surface area contributed by atoms with Crippen molar-refractivity contribution in [2.24, 2.45) is 0 Å². The fourth-order valence-corrected chi connectivity index (χ4v) is 3.86. The second-order valence-electron chi connectivity index (χ2n) is 7.95. The average molecular weight is 431 g/mol. The van der Waals surface area contributed by atoms with E-state index in [0.29, 0.717) is 18.1 Å². The zero-order chi connectivity index (χ0) is 22.5. The lowest BCUT2D eigenvalue weighted by atomic mass is 10.1. The first-order valence-electron chi connectivity index (χ1n) is 11.0. The van der Waals surface area contributed by atoms with Crippen LogP contribution in [0.4, 0.5) is 0 Å². The lowest BCUT2D eigenvalue weighted by Gasteiger charge is -2.13. The minimum atomic E-state index is 0.695. The van der Waals surface area contributed by atoms with Crippen molar-refractivity contribution in [1.29, 1.82) is 0 Å². The number of hydrogen-bond donors (Lipinski definition) is 0. The van der Waals surface area contributed by atoms with Gasteiger partial charge in [0.1, 0.15) is 11.6 Å². The van der Waals surface area contributed by atoms with Crippen LogP contribution < -0.4 is 14.2 Å². The summed E-state index contributed by atoms with van der Waals surface area (Å²) < 4.78 is 19.1. The second-order valence-corrected chi connectivity index (χ2v) is 7.95. The van der Waals surface area contributed by atoms with Crippen LogP contribution in [0.25, 0.3) is 22.4 Å². The number of ether oxygens (including phenoxy) is 3. The topological polar surface area (TPSA) is 45.5 Å². The van der Waals surface area contributed by atoms with Crippen LogP contribution in [-0.4, -0.2) is 30.4 Å². The van der Waals surface area contributed by atoms with Crippen LogP contribution in [0.15, 0.2) is 60.7 Å². The number of nitrogens with zero attached hydrogens (tertiary/aromatic N) is 2. The monoisotopic (exact) mass is 430 g/mol. The van der Waals surface area contributed by atoms with E-state index in [1.807, 2.05) is 30.3 Å². The van der Waals surface area contributed by atoms with E-state index in [0.717, 1.165) is 47.6 Å². The van der Waals surface area contributed by atoms with Crippen molar-refractivity contribution in [1.82, 2.24) is 9.55 Å². The van der Waals surface area contributed by atoms with Crippen LogP contribution in [0.1, 0.15) is 24.0 Å². The van der Waals surface area contributed by atoms with Crippen LogP contribution in [0.3, 0.4) is 0 Å². The zero-order valence-electron chi connectivity index (χ0n) is 19.2. The molecule has 0 aliphatic rings. The summed E-state index contributed by atoms with van der Waals surface area (Å²) in [7, 11) is 3.30. The number of methoxy groups -OCH3 is 2. The predicted molar refractivity (Wildman–Crippen MR) is 129 cm³/mol. The standard InChI is InChI=1S/C27H30N2O3/c1-19-11-13-22(17-20(19)2)32-16-8-7-15-29-24-10-6-5-9-23(24)28-27(29)21-12-14-25(30-3)26(18-21)31-4/h5-6,9-14,17-18H,7-8,15-16H2,1-4H3. The number of imidazole rings is 1. The van der Waals surface area contributed by atoms with Crippen molar-refractivity contribution in [2.75, 3.05) is 20.8 Å². The first kappa shape index (κ1) is 21.8. The molecule has 166 valence electrons. The van der Waals surface area contributed by atoms with E-state index in [4.69, 9.17) is 19.2 Å². The molecular formula is C27H30N2O3. The summed E-state index contributed by atoms with van der Waals surface area (Å²) >= 11 is 0. The van der Waals surface area contributed by atoms with E-state index in [2.05, 4.69) is 48.7 Å². The Bertz CT molecular complexity index is 1210. The van der Waals surface area contributed by atoms with E-state index in [9.17, 15) is 0 Å². The van der Waals surface area contributed by atoms with Crippen molar-refractivity contribution in [2.45, 2.75) is 33.2 Å². The van der Waals surface area contributed by atoms with Crippen molar-refractivity contribution in [3.63, 3.8) is 0 Å². The van der Waals surface area contributed by atoms with Crippen LogP contribution in [0, 0.1) is 13.8 Å². The second kappa shape index (κ2) is 9.77. The minimum Gasteiger partial charge on any atom is -0.494 e. The van der Waals surface area contributed by atoms with E-state index < -0.39 is 0 Å². The van der Waals surface area contributed by atoms with Gasteiger partial charge in [0.05, 0.1) is 31.9 Å². The molecule has 1 aromatic heterocycles. The van der Waals surface area contributed by atoms with Crippen molar-refractivity contribution < 1.29 is 14.2 Å². The van der Waals surface area contributed by atoms with Gasteiger partial charge >= 0.3 is 0 Å². The maximum absolute atomic E-state index is 5.96. The molecule has 32 heavy (non-hydrogen) atoms. The molecule has 0 atom stereocenters. The van der Waals surface area contributed by atoms with Gasteiger partial charge in [-0.25, -0.2) is 4.98 Å². The summed E-state index contributed by atoms with van der Waals surface area (Å²) in [4.78, 5) is 4.91. The highest BCUT2D eigenvalue weighted by molar-refractivity contribution is 5.81. The Balaban J connectivity index is 1.50. The number of fused-ring (bicyclic) bond motifs is 1. The molecule has 0 saturated carbocycles. The quantitative estimate of drug-likeness (QED) is 0.297. The molecule has 0 aliphatic heterocycles. The number of unbranched alkanes of at least 4 members (excludes halogenated alkanes) is 1. The Hall–Kier alpha value is -3.47. The largest absolute Gasteiger partial charge is 0.494 e. The van der Waals surface area contributed by atoms with Gasteiger partial charge in [-0.3, -0.25) is 0 Å². The molecule has 5 heteroatoms. The van der Waals surface area contributed by atoms with Crippen molar-refractivity contribution in [3.05, 3.63) is 71.8 Å². The molecule has 3 aromatic carbocycles. The van der Waals surface area contributed by atoms with Crippen molar-refractivity contribution in [3.8, 4) is 28.6 Å². The molecule has 5 nitrogen and oxygen atoms in total. The van der Waals surface area contributed by atoms with Gasteiger partial charge in [0.15, 0.2) is 11.5 Å². The summed E-state index contributed by atoms with van der Waals surface area (Å²) in [5.41, 5.74) is 5.67. The number of aryl methyl sites for hydroxylation is 3. The molecule has 0 radical (unpaired) electrons. The zero-order valence-corrected chi connectivity index (χ0v) is 19.2. The third-order valence-corrected chi connectivity index (χ3v) is 5.82. The Morgan fingerprint density at radius 2 is 1.62 bits per heavy atom. The molecule has 1 heterocycles. The van der Waals surface area contributed by atoms with Crippen LogP contribution in [0.2, 0.25) is 0 Å². The van der Waals surface area contributed by atoms with Gasteiger partial charge in [0.25, 0.3) is 0 Å². The first-order chi connectivity index (χ1) is 15.6. The fraction of sp³-hybridized carbons (Fsp3) is 0.296. The maximum Gasteiger partial charge on any atom is 0.161 e. The summed E-state index contributed by atoms with van der Waals surface area (Å²) in [6, 6.07) is 20.5. The molecule has 0 saturated heterocycles. The van der Waals surface area contributed by atoms with Gasteiger partial charge in [-0.1, -0.05) is 18.2 Å². The van der Waals surface area contributed by atoms with E-state index >= 15 is 0 Å². The Morgan fingerprint density at radius 3 is 2.41 bits per heavy atom. The van der Waals surface area contributed by atoms with Crippen LogP contribution in [0.5, 0.6) is 17.2 Å². The van der Waals surface area contributed by atoms with Crippen LogP contribution in [-0.2, 0) is 6.54 Å². The first-order valence-corrected chi connectivity index (χ1v) is 11.0. The molecule has 0 fully saturated rings. The lowest BCUT2D eigenvalue weighted by molar-refractivity contribution is 0.303. The van der Waals surface area contributed by atoms with Gasteiger partial charge in [0, 0.05) is 12.1 Å². The van der Waals surface area contributed by atoms with Gasteiger partial charge in [-0.2, -0.15) is 0 Å². The number of rotatable bonds is 9. The normalized spacial score (nSPS) is 11.0. The van der Waals surface area contributed by atoms with Gasteiger partial charge in [-0.15, -0.1) is 0 Å². The van der Waals surface area contributed by atoms with E-state index in [-0.39, 0.29) is 0 Å². The molecule has 0 amide bonds. The van der Waals surface area contributed by atoms with Gasteiger partial charge in [0.2, 0.25) is 0 Å². The number of benzene rings is 3. The van der Waals surface area contributed by atoms with Crippen molar-refractivity contribution >= 4 is 11.0 Å². The third kappa shape index (κ3) is 4.57. The summed E-state index contributed by atoms with van der Waals surface area (Å²) in [5, 5.41) is 0. The molecular weight excluding hydrogens is 400 g/mol. The number of hydrogen-bond acceptors (Lipinski definition) is 4. The molecule has 0 spiro atoms. The van der Waals surface area contributed by atoms with E-state index in [1.165, 1.54) is 11.1 Å². The summed E-state index contributed by atoms with van der Waals surface area (Å²) in [6.45, 7) is 5.79. The smallest absolute Gasteiger partial charge is 0.161 e. The Kier molecular flexibility index (Phi) is 6.64. The average Bonchev–Trinajstić information content (AvgIpc) is 3.19. The Morgan fingerprint density at radius 1 is 0.812 bits per heavy atom. The molecule has 0 unspecified atom stereocenters. The highest BCUT2D eigenvalue weighted by Gasteiger charge is 2.14. The summed E-state index contributed by atoms with van der Waals surface area (Å²) in [6.07, 6.45) is 1.95. The third-order valence-electron chi connectivity index (χ3n) is 5.82. The highest BCUT2D eigenvalue weighted by atomic mass is 16.5. The Labute approximate surface area is 189 Å². The SMILES string of the molecule is COc1ccc(-c2nc3ccccc3n2CCCCOc2ccc(C)c(C)c2)cc1OC. The summed E-state index contributed by atoms with van der Waals surface area (Å²) in [5.74, 6) is 3.28. The number of para-hydroxylation sites is 2. The van der Waals surface area contributed by atoms with E-state index in [1.54, 1.807) is 14.2 Å². The molecule has 0 aliphatic carbocycles.